The topological polar surface area (TPSA) is 56.0 Å². The number of rotatable bonds is 5. The molecule has 4 heteroatoms. The van der Waals surface area contributed by atoms with Crippen molar-refractivity contribution < 1.29 is 9.32 Å². The first kappa shape index (κ1) is 10.3. The van der Waals surface area contributed by atoms with Crippen LogP contribution in [0, 0.1) is 11.8 Å². The van der Waals surface area contributed by atoms with E-state index in [-0.39, 0.29) is 18.1 Å². The fraction of sp³-hybridized carbons (Fsp3) is 0.727. The Hall–Kier alpha value is -1.19. The van der Waals surface area contributed by atoms with Crippen LogP contribution in [0.1, 0.15) is 38.4 Å². The lowest BCUT2D eigenvalue weighted by Gasteiger charge is -1.98. The third-order valence-electron chi connectivity index (χ3n) is 2.65. The zero-order chi connectivity index (χ0) is 10.8. The molecule has 0 saturated heterocycles. The molecule has 15 heavy (non-hydrogen) atoms. The van der Waals surface area contributed by atoms with Crippen LogP contribution in [0.3, 0.4) is 0 Å². The molecule has 0 N–H and O–H groups in total. The third kappa shape index (κ3) is 2.88. The maximum atomic E-state index is 11.4. The van der Waals surface area contributed by atoms with Crippen LogP contribution in [0.5, 0.6) is 0 Å². The summed E-state index contributed by atoms with van der Waals surface area (Å²) in [4.78, 5) is 15.6. The van der Waals surface area contributed by atoms with Gasteiger partial charge in [0.15, 0.2) is 5.82 Å². The highest BCUT2D eigenvalue weighted by atomic mass is 16.5. The van der Waals surface area contributed by atoms with Crippen molar-refractivity contribution in [3.63, 3.8) is 0 Å². The number of carbonyl (C=O) groups excluding carboxylic acids is 1. The van der Waals surface area contributed by atoms with E-state index in [1.54, 1.807) is 0 Å². The van der Waals surface area contributed by atoms with E-state index in [1.165, 1.54) is 12.8 Å². The van der Waals surface area contributed by atoms with Gasteiger partial charge in [0.05, 0.1) is 6.42 Å². The Morgan fingerprint density at radius 3 is 2.87 bits per heavy atom. The van der Waals surface area contributed by atoms with Gasteiger partial charge in [0.25, 0.3) is 0 Å². The number of hydrogen-bond donors (Lipinski definition) is 0. The van der Waals surface area contributed by atoms with Gasteiger partial charge in [-0.15, -0.1) is 0 Å². The maximum Gasteiger partial charge on any atom is 0.234 e. The van der Waals surface area contributed by atoms with E-state index in [0.29, 0.717) is 5.89 Å². The van der Waals surface area contributed by atoms with Crippen LogP contribution < -0.4 is 0 Å². The van der Waals surface area contributed by atoms with Crippen molar-refractivity contribution in [2.75, 3.05) is 0 Å². The van der Waals surface area contributed by atoms with E-state index in [9.17, 15) is 4.79 Å². The predicted octanol–water partition coefficient (Wildman–Crippen LogP) is 1.79. The quantitative estimate of drug-likeness (QED) is 0.740. The van der Waals surface area contributed by atoms with E-state index in [1.807, 2.05) is 13.8 Å². The molecule has 0 amide bonds. The van der Waals surface area contributed by atoms with Crippen molar-refractivity contribution in [3.05, 3.63) is 11.7 Å². The van der Waals surface area contributed by atoms with Crippen LogP contribution in [-0.4, -0.2) is 15.9 Å². The SMILES string of the molecule is CC(C)C(=O)Cc1nc(CC2CC2)no1. The molecule has 1 aromatic heterocycles. The molecule has 1 heterocycles. The predicted molar refractivity (Wildman–Crippen MR) is 54.3 cm³/mol. The van der Waals surface area contributed by atoms with Crippen LogP contribution in [-0.2, 0) is 17.6 Å². The summed E-state index contributed by atoms with van der Waals surface area (Å²) in [6.45, 7) is 3.76. The van der Waals surface area contributed by atoms with Crippen molar-refractivity contribution >= 4 is 5.78 Å². The molecule has 4 nitrogen and oxygen atoms in total. The summed E-state index contributed by atoms with van der Waals surface area (Å²) in [6.07, 6.45) is 3.72. The zero-order valence-electron chi connectivity index (χ0n) is 9.19. The minimum absolute atomic E-state index is 0.0313. The first-order valence-corrected chi connectivity index (χ1v) is 5.49. The fourth-order valence-corrected chi connectivity index (χ4v) is 1.38. The molecule has 1 aromatic rings. The lowest BCUT2D eigenvalue weighted by molar-refractivity contribution is -0.121. The zero-order valence-corrected chi connectivity index (χ0v) is 9.19. The second kappa shape index (κ2) is 4.13. The van der Waals surface area contributed by atoms with Gasteiger partial charge in [-0.25, -0.2) is 0 Å². The first-order chi connectivity index (χ1) is 7.15. The van der Waals surface area contributed by atoms with Crippen LogP contribution in [0.2, 0.25) is 0 Å². The Bertz CT molecular complexity index is 353. The van der Waals surface area contributed by atoms with Crippen LogP contribution in [0.4, 0.5) is 0 Å². The van der Waals surface area contributed by atoms with E-state index in [4.69, 9.17) is 4.52 Å². The maximum absolute atomic E-state index is 11.4. The molecule has 2 rings (SSSR count). The minimum Gasteiger partial charge on any atom is -0.339 e. The largest absolute Gasteiger partial charge is 0.339 e. The summed E-state index contributed by atoms with van der Waals surface area (Å²) in [5.74, 6) is 2.14. The smallest absolute Gasteiger partial charge is 0.234 e. The van der Waals surface area contributed by atoms with Gasteiger partial charge in [-0.3, -0.25) is 4.79 Å². The van der Waals surface area contributed by atoms with Crippen molar-refractivity contribution in [1.82, 2.24) is 10.1 Å². The first-order valence-electron chi connectivity index (χ1n) is 5.49. The van der Waals surface area contributed by atoms with Gasteiger partial charge in [-0.1, -0.05) is 19.0 Å². The number of ketones is 1. The minimum atomic E-state index is 0.0313. The molecule has 0 bridgehead atoms. The summed E-state index contributed by atoms with van der Waals surface area (Å²) in [5.41, 5.74) is 0. The average molecular weight is 208 g/mol. The molecule has 1 saturated carbocycles. The highest BCUT2D eigenvalue weighted by Crippen LogP contribution is 2.31. The third-order valence-corrected chi connectivity index (χ3v) is 2.65. The van der Waals surface area contributed by atoms with E-state index in [2.05, 4.69) is 10.1 Å². The summed E-state index contributed by atoms with van der Waals surface area (Å²) in [6, 6.07) is 0. The van der Waals surface area contributed by atoms with Crippen LogP contribution >= 0.6 is 0 Å². The number of carbonyl (C=O) groups is 1. The van der Waals surface area contributed by atoms with Gasteiger partial charge in [0, 0.05) is 12.3 Å². The average Bonchev–Trinajstić information content (AvgIpc) is 2.87. The number of Topliss-reactive ketones (excluding diaryl/α,β-unsaturated/α-hetero) is 1. The van der Waals surface area contributed by atoms with Gasteiger partial charge in [0.2, 0.25) is 5.89 Å². The molecule has 0 atom stereocenters. The van der Waals surface area contributed by atoms with Crippen molar-refractivity contribution in [3.8, 4) is 0 Å². The van der Waals surface area contributed by atoms with E-state index < -0.39 is 0 Å². The van der Waals surface area contributed by atoms with Gasteiger partial charge >= 0.3 is 0 Å². The summed E-state index contributed by atoms with van der Waals surface area (Å²) in [7, 11) is 0. The Kier molecular flexibility index (Phi) is 2.84. The van der Waals surface area contributed by atoms with E-state index >= 15 is 0 Å². The molecule has 1 aliphatic rings. The van der Waals surface area contributed by atoms with Gasteiger partial charge in [-0.2, -0.15) is 4.98 Å². The highest BCUT2D eigenvalue weighted by molar-refractivity contribution is 5.81. The Morgan fingerprint density at radius 1 is 1.53 bits per heavy atom. The molecule has 0 aromatic carbocycles. The monoisotopic (exact) mass is 208 g/mol. The molecular weight excluding hydrogens is 192 g/mol. The summed E-state index contributed by atoms with van der Waals surface area (Å²) >= 11 is 0. The number of hydrogen-bond acceptors (Lipinski definition) is 4. The molecule has 82 valence electrons. The summed E-state index contributed by atoms with van der Waals surface area (Å²) in [5, 5.41) is 3.87. The number of nitrogens with zero attached hydrogens (tertiary/aromatic N) is 2. The Balaban J connectivity index is 1.91. The van der Waals surface area contributed by atoms with Crippen LogP contribution in [0.25, 0.3) is 0 Å². The highest BCUT2D eigenvalue weighted by Gasteiger charge is 2.24. The van der Waals surface area contributed by atoms with Crippen molar-refractivity contribution in [1.29, 1.82) is 0 Å². The molecule has 1 fully saturated rings. The standard InChI is InChI=1S/C11H16N2O2/c1-7(2)9(14)6-11-12-10(13-15-11)5-8-3-4-8/h7-8H,3-6H2,1-2H3. The second-order valence-electron chi connectivity index (χ2n) is 4.55. The molecule has 0 spiro atoms. The normalized spacial score (nSPS) is 15.9. The van der Waals surface area contributed by atoms with Gasteiger partial charge in [0.1, 0.15) is 5.78 Å². The van der Waals surface area contributed by atoms with Crippen LogP contribution in [0.15, 0.2) is 4.52 Å². The molecule has 0 radical (unpaired) electrons. The van der Waals surface area contributed by atoms with Gasteiger partial charge in [-0.05, 0) is 18.8 Å². The van der Waals surface area contributed by atoms with Crippen molar-refractivity contribution in [2.45, 2.75) is 39.5 Å². The molecular formula is C11H16N2O2. The summed E-state index contributed by atoms with van der Waals surface area (Å²) < 4.78 is 5.03. The van der Waals surface area contributed by atoms with E-state index in [0.717, 1.165) is 18.2 Å². The Labute approximate surface area is 89.1 Å². The lowest BCUT2D eigenvalue weighted by atomic mass is 10.1. The van der Waals surface area contributed by atoms with Crippen molar-refractivity contribution in [2.24, 2.45) is 11.8 Å². The lowest BCUT2D eigenvalue weighted by Crippen LogP contribution is -2.10. The van der Waals surface area contributed by atoms with Gasteiger partial charge < -0.3 is 4.52 Å². The molecule has 1 aliphatic carbocycles. The fourth-order valence-electron chi connectivity index (χ4n) is 1.38. The number of aromatic nitrogens is 2. The molecule has 0 aliphatic heterocycles. The second-order valence-corrected chi connectivity index (χ2v) is 4.55. The molecule has 0 unspecified atom stereocenters. The Morgan fingerprint density at radius 2 is 2.27 bits per heavy atom.